The van der Waals surface area contributed by atoms with E-state index in [0.717, 1.165) is 77.0 Å². The Morgan fingerprint density at radius 2 is 1.00 bits per heavy atom. The van der Waals surface area contributed by atoms with Crippen molar-refractivity contribution in [3.8, 4) is 0 Å². The van der Waals surface area contributed by atoms with Gasteiger partial charge in [0, 0.05) is 6.42 Å². The van der Waals surface area contributed by atoms with Crippen molar-refractivity contribution < 1.29 is 89.4 Å². The molecule has 70 heavy (non-hydrogen) atoms. The molecule has 0 aromatic carbocycles. The second kappa shape index (κ2) is 35.4. The van der Waals surface area contributed by atoms with Gasteiger partial charge >= 0.3 is 0 Å². The number of unbranched alkanes of at least 4 members (excludes halogenated alkanes) is 7. The number of carbonyl (C=O) groups is 1. The molecule has 0 radical (unpaired) electrons. The van der Waals surface area contributed by atoms with E-state index in [9.17, 15) is 61.0 Å². The van der Waals surface area contributed by atoms with Crippen LogP contribution in [0.5, 0.6) is 0 Å². The van der Waals surface area contributed by atoms with E-state index in [-0.39, 0.29) is 18.9 Å². The molecule has 3 aliphatic rings. The van der Waals surface area contributed by atoms with Gasteiger partial charge in [0.15, 0.2) is 18.9 Å². The molecule has 19 nitrogen and oxygen atoms in total. The molecule has 0 saturated carbocycles. The van der Waals surface area contributed by atoms with Gasteiger partial charge in [0.25, 0.3) is 0 Å². The van der Waals surface area contributed by atoms with Crippen LogP contribution in [0.2, 0.25) is 0 Å². The van der Waals surface area contributed by atoms with Crippen molar-refractivity contribution >= 4 is 5.91 Å². The van der Waals surface area contributed by atoms with E-state index in [1.165, 1.54) is 0 Å². The first-order valence-electron chi connectivity index (χ1n) is 25.2. The van der Waals surface area contributed by atoms with Crippen molar-refractivity contribution in [3.63, 3.8) is 0 Å². The molecule has 3 rings (SSSR count). The molecule has 3 heterocycles. The zero-order chi connectivity index (χ0) is 51.3. The van der Waals surface area contributed by atoms with Crippen LogP contribution in [0.4, 0.5) is 0 Å². The van der Waals surface area contributed by atoms with Crippen molar-refractivity contribution in [2.45, 2.75) is 214 Å². The summed E-state index contributed by atoms with van der Waals surface area (Å²) >= 11 is 0. The van der Waals surface area contributed by atoms with Crippen LogP contribution in [0.25, 0.3) is 0 Å². The lowest BCUT2D eigenvalue weighted by Crippen LogP contribution is -2.66. The number of hydrogen-bond acceptors (Lipinski definition) is 18. The lowest BCUT2D eigenvalue weighted by molar-refractivity contribution is -0.379. The van der Waals surface area contributed by atoms with E-state index in [2.05, 4.69) is 79.9 Å². The predicted molar refractivity (Wildman–Crippen MR) is 258 cm³/mol. The largest absolute Gasteiger partial charge is 0.394 e. The smallest absolute Gasteiger partial charge is 0.220 e. The Morgan fingerprint density at radius 1 is 0.529 bits per heavy atom. The van der Waals surface area contributed by atoms with Gasteiger partial charge in [-0.25, -0.2) is 0 Å². The van der Waals surface area contributed by atoms with E-state index in [1.54, 1.807) is 12.2 Å². The van der Waals surface area contributed by atoms with Crippen molar-refractivity contribution in [2.75, 3.05) is 26.4 Å². The van der Waals surface area contributed by atoms with Gasteiger partial charge < -0.3 is 89.9 Å². The van der Waals surface area contributed by atoms with Gasteiger partial charge in [0.1, 0.15) is 73.2 Å². The highest BCUT2D eigenvalue weighted by atomic mass is 16.8. The SMILES string of the molecule is CC/C=C\C/C=C\C/C=C\C/C=C\CCCCCCC(=O)NC(COC1OC(CO)C(OC2OC(CO)C(OC3OC(CO)C(O)C(O)C3O)C(O)C2O)C(O)C1O)C(O)/C=C/CC/C=C/CCCC. The van der Waals surface area contributed by atoms with Crippen LogP contribution in [0.15, 0.2) is 72.9 Å². The van der Waals surface area contributed by atoms with E-state index in [1.807, 2.05) is 0 Å². The molecule has 12 N–H and O–H groups in total. The van der Waals surface area contributed by atoms with Gasteiger partial charge in [-0.1, -0.05) is 112 Å². The maximum absolute atomic E-state index is 13.2. The monoisotopic (exact) mass is 1000 g/mol. The zero-order valence-electron chi connectivity index (χ0n) is 41.0. The van der Waals surface area contributed by atoms with E-state index >= 15 is 0 Å². The summed E-state index contributed by atoms with van der Waals surface area (Å²) in [6.45, 7) is 1.42. The third-order valence-corrected chi connectivity index (χ3v) is 12.2. The fourth-order valence-electron chi connectivity index (χ4n) is 8.00. The van der Waals surface area contributed by atoms with Crippen LogP contribution in [-0.4, -0.2) is 193 Å². The van der Waals surface area contributed by atoms with Crippen LogP contribution in [-0.2, 0) is 33.2 Å². The van der Waals surface area contributed by atoms with Crippen molar-refractivity contribution in [2.24, 2.45) is 0 Å². The van der Waals surface area contributed by atoms with Crippen LogP contribution >= 0.6 is 0 Å². The molecule has 3 saturated heterocycles. The number of amides is 1. The maximum atomic E-state index is 13.2. The van der Waals surface area contributed by atoms with Crippen LogP contribution in [0, 0.1) is 0 Å². The van der Waals surface area contributed by atoms with Gasteiger partial charge in [-0.3, -0.25) is 4.79 Å². The molecule has 0 spiro atoms. The molecule has 3 fully saturated rings. The van der Waals surface area contributed by atoms with E-state index < -0.39 is 124 Å². The maximum Gasteiger partial charge on any atom is 0.220 e. The first kappa shape index (κ1) is 61.5. The molecule has 402 valence electrons. The number of hydrogen-bond donors (Lipinski definition) is 12. The van der Waals surface area contributed by atoms with Gasteiger partial charge in [0.05, 0.1) is 38.6 Å². The number of rotatable bonds is 33. The highest BCUT2D eigenvalue weighted by Gasteiger charge is 2.53. The summed E-state index contributed by atoms with van der Waals surface area (Å²) < 4.78 is 34.0. The Labute approximate surface area is 413 Å². The average molecular weight is 1000 g/mol. The molecular formula is C51H85NO18. The fraction of sp³-hybridized carbons (Fsp3) is 0.745. The Kier molecular flexibility index (Phi) is 31.1. The minimum absolute atomic E-state index is 0.202. The lowest BCUT2D eigenvalue weighted by Gasteiger charge is -2.48. The average Bonchev–Trinajstić information content (AvgIpc) is 3.35. The van der Waals surface area contributed by atoms with Crippen LogP contribution in [0.1, 0.15) is 110 Å². The summed E-state index contributed by atoms with van der Waals surface area (Å²) in [6, 6.07) is -1.00. The summed E-state index contributed by atoms with van der Waals surface area (Å²) in [4.78, 5) is 13.2. The zero-order valence-corrected chi connectivity index (χ0v) is 41.0. The Hall–Kier alpha value is -2.77. The number of aliphatic hydroxyl groups excluding tert-OH is 11. The first-order valence-corrected chi connectivity index (χ1v) is 25.2. The Morgan fingerprint density at radius 3 is 1.59 bits per heavy atom. The summed E-state index contributed by atoms with van der Waals surface area (Å²) in [5.74, 6) is -0.319. The van der Waals surface area contributed by atoms with Gasteiger partial charge in [0.2, 0.25) is 5.91 Å². The highest BCUT2D eigenvalue weighted by molar-refractivity contribution is 5.76. The molecule has 3 aliphatic heterocycles. The number of allylic oxidation sites excluding steroid dienone is 11. The molecule has 0 aliphatic carbocycles. The minimum Gasteiger partial charge on any atom is -0.394 e. The summed E-state index contributed by atoms with van der Waals surface area (Å²) in [5.41, 5.74) is 0. The van der Waals surface area contributed by atoms with Crippen molar-refractivity contribution in [1.29, 1.82) is 0 Å². The van der Waals surface area contributed by atoms with Crippen LogP contribution < -0.4 is 5.32 Å². The summed E-state index contributed by atoms with van der Waals surface area (Å²) in [7, 11) is 0. The predicted octanol–water partition coefficient (Wildman–Crippen LogP) is 1.53. The fourth-order valence-corrected chi connectivity index (χ4v) is 8.00. The first-order chi connectivity index (χ1) is 33.8. The Balaban J connectivity index is 1.55. The second-order valence-corrected chi connectivity index (χ2v) is 17.9. The summed E-state index contributed by atoms with van der Waals surface area (Å²) in [5, 5.41) is 119. The van der Waals surface area contributed by atoms with Gasteiger partial charge in [-0.15, -0.1) is 0 Å². The minimum atomic E-state index is -1.98. The normalized spacial score (nSPS) is 33.2. The second-order valence-electron chi connectivity index (χ2n) is 17.9. The molecule has 0 aromatic heterocycles. The molecule has 17 unspecified atom stereocenters. The van der Waals surface area contributed by atoms with E-state index in [0.29, 0.717) is 12.8 Å². The quantitative estimate of drug-likeness (QED) is 0.0328. The molecule has 1 amide bonds. The Bertz CT molecular complexity index is 1570. The highest BCUT2D eigenvalue weighted by Crippen LogP contribution is 2.33. The lowest BCUT2D eigenvalue weighted by atomic mass is 9.96. The van der Waals surface area contributed by atoms with Crippen molar-refractivity contribution in [1.82, 2.24) is 5.32 Å². The van der Waals surface area contributed by atoms with Crippen LogP contribution in [0.3, 0.4) is 0 Å². The molecule has 17 atom stereocenters. The molecular weight excluding hydrogens is 915 g/mol. The number of aliphatic hydroxyl groups is 11. The third-order valence-electron chi connectivity index (χ3n) is 12.2. The topological polar surface area (TPSA) is 307 Å². The van der Waals surface area contributed by atoms with Gasteiger partial charge in [-0.05, 0) is 64.2 Å². The number of carbonyl (C=O) groups excluding carboxylic acids is 1. The van der Waals surface area contributed by atoms with Gasteiger partial charge in [-0.2, -0.15) is 0 Å². The third kappa shape index (κ3) is 21.0. The number of ether oxygens (including phenoxy) is 6. The van der Waals surface area contributed by atoms with Crippen molar-refractivity contribution in [3.05, 3.63) is 72.9 Å². The summed E-state index contributed by atoms with van der Waals surface area (Å²) in [6.07, 6.45) is 10.8. The number of nitrogens with one attached hydrogen (secondary N) is 1. The molecule has 0 bridgehead atoms. The molecule has 0 aromatic rings. The van der Waals surface area contributed by atoms with E-state index in [4.69, 9.17) is 28.4 Å². The molecule has 19 heteroatoms. The standard InChI is InChI=1S/C51H85NO18/c1-3-5-7-9-11-13-14-15-16-17-18-19-20-21-23-25-27-29-39(57)52-34(35(56)28-26-24-22-12-10-8-6-4-2)33-65-49-45(63)42(60)47(37(31-54)67-49)70-51-46(64)43(61)48(38(32-55)68-51)69-50-44(62)41(59)40(58)36(30-53)66-50/h5,7,10-13,15-16,18-19,26,28,34-38,40-51,53-56,58-64H,3-4,6,8-9,14,17,20-25,27,29-33H2,1-2H3,(H,52,57)/b7-5-,12-10+,13-11-,16-15-,19-18-,28-26+.